The summed E-state index contributed by atoms with van der Waals surface area (Å²) in [4.78, 5) is 22.2. The summed E-state index contributed by atoms with van der Waals surface area (Å²) in [6, 6.07) is -0.503. The van der Waals surface area contributed by atoms with Gasteiger partial charge in [-0.05, 0) is 20.8 Å². The third-order valence-electron chi connectivity index (χ3n) is 2.89. The Bertz CT molecular complexity index is 312. The van der Waals surface area contributed by atoms with E-state index >= 15 is 0 Å². The quantitative estimate of drug-likeness (QED) is 0.381. The number of amides is 1. The summed E-state index contributed by atoms with van der Waals surface area (Å²) in [5.41, 5.74) is 0. The monoisotopic (exact) mass is 335 g/mol. The highest BCUT2D eigenvalue weighted by atomic mass is 32.2. The van der Waals surface area contributed by atoms with Gasteiger partial charge in [-0.1, -0.05) is 0 Å². The van der Waals surface area contributed by atoms with Crippen LogP contribution in [0, 0.1) is 0 Å². The predicted octanol–water partition coefficient (Wildman–Crippen LogP) is 1.27. The lowest BCUT2D eigenvalue weighted by atomic mass is 10.1. The van der Waals surface area contributed by atoms with Crippen LogP contribution in [0.3, 0.4) is 0 Å². The highest BCUT2D eigenvalue weighted by Crippen LogP contribution is 2.27. The first kappa shape index (κ1) is 21.4. The van der Waals surface area contributed by atoms with E-state index in [0.717, 1.165) is 12.0 Å². The van der Waals surface area contributed by atoms with Crippen molar-refractivity contribution < 1.29 is 23.8 Å². The fraction of sp³-hybridized carbons (Fsp3) is 0.867. The predicted molar refractivity (Wildman–Crippen MR) is 88.3 cm³/mol. The van der Waals surface area contributed by atoms with Crippen molar-refractivity contribution in [2.24, 2.45) is 0 Å². The molecule has 0 aliphatic carbocycles. The van der Waals surface area contributed by atoms with Gasteiger partial charge in [0.2, 0.25) is 5.91 Å². The molecule has 1 atom stereocenters. The Morgan fingerprint density at radius 1 is 1.14 bits per heavy atom. The minimum Gasteiger partial charge on any atom is -0.379 e. The number of rotatable bonds is 14. The molecule has 6 nitrogen and oxygen atoms in total. The largest absolute Gasteiger partial charge is 0.379 e. The maximum Gasteiger partial charge on any atom is 0.217 e. The topological polar surface area (TPSA) is 73.9 Å². The van der Waals surface area contributed by atoms with Gasteiger partial charge in [-0.3, -0.25) is 4.79 Å². The van der Waals surface area contributed by atoms with Crippen LogP contribution in [0.25, 0.3) is 0 Å². The highest BCUT2D eigenvalue weighted by molar-refractivity contribution is 8.00. The molecule has 0 saturated carbocycles. The van der Waals surface area contributed by atoms with Crippen LogP contribution < -0.4 is 5.32 Å². The molecule has 1 unspecified atom stereocenters. The first-order chi connectivity index (χ1) is 10.4. The fourth-order valence-electron chi connectivity index (χ4n) is 1.63. The van der Waals surface area contributed by atoms with Gasteiger partial charge in [-0.2, -0.15) is 11.8 Å². The van der Waals surface area contributed by atoms with Gasteiger partial charge in [0.25, 0.3) is 0 Å². The maximum absolute atomic E-state index is 11.1. The third-order valence-corrected chi connectivity index (χ3v) is 4.26. The van der Waals surface area contributed by atoms with Gasteiger partial charge in [0.1, 0.15) is 6.29 Å². The molecule has 0 aromatic rings. The minimum absolute atomic E-state index is 0.203. The SMILES string of the molecule is CCOCCOCCOCCSC(C)(C)C(C=O)NC(C)=O. The summed E-state index contributed by atoms with van der Waals surface area (Å²) >= 11 is 1.60. The van der Waals surface area contributed by atoms with E-state index in [9.17, 15) is 9.59 Å². The lowest BCUT2D eigenvalue weighted by Crippen LogP contribution is -2.48. The van der Waals surface area contributed by atoms with E-state index in [4.69, 9.17) is 14.2 Å². The second kappa shape index (κ2) is 12.9. The number of carbonyl (C=O) groups is 2. The molecule has 1 amide bonds. The number of ether oxygens (including phenoxy) is 3. The van der Waals surface area contributed by atoms with Gasteiger partial charge in [0.15, 0.2) is 0 Å². The normalized spacial score (nSPS) is 12.9. The molecule has 0 aliphatic rings. The summed E-state index contributed by atoms with van der Waals surface area (Å²) < 4.78 is 15.6. The molecule has 0 aromatic carbocycles. The second-order valence-electron chi connectivity index (χ2n) is 5.19. The Morgan fingerprint density at radius 2 is 1.68 bits per heavy atom. The van der Waals surface area contributed by atoms with Gasteiger partial charge in [0.05, 0.1) is 39.1 Å². The first-order valence-corrected chi connectivity index (χ1v) is 8.52. The minimum atomic E-state index is -0.503. The van der Waals surface area contributed by atoms with Crippen LogP contribution >= 0.6 is 11.8 Å². The highest BCUT2D eigenvalue weighted by Gasteiger charge is 2.30. The van der Waals surface area contributed by atoms with Crippen molar-refractivity contribution in [1.29, 1.82) is 0 Å². The smallest absolute Gasteiger partial charge is 0.217 e. The van der Waals surface area contributed by atoms with Crippen molar-refractivity contribution in [1.82, 2.24) is 5.32 Å². The van der Waals surface area contributed by atoms with E-state index < -0.39 is 6.04 Å². The van der Waals surface area contributed by atoms with Crippen LogP contribution in [0.5, 0.6) is 0 Å². The summed E-state index contributed by atoms with van der Waals surface area (Å²) in [7, 11) is 0. The zero-order valence-corrected chi connectivity index (χ0v) is 14.9. The van der Waals surface area contributed by atoms with Crippen LogP contribution in [-0.2, 0) is 23.8 Å². The number of hydrogen-bond donors (Lipinski definition) is 1. The summed E-state index contributed by atoms with van der Waals surface area (Å²) in [6.07, 6.45) is 0.779. The molecule has 0 rings (SSSR count). The van der Waals surface area contributed by atoms with E-state index in [0.29, 0.717) is 39.6 Å². The first-order valence-electron chi connectivity index (χ1n) is 7.53. The molecule has 7 heteroatoms. The molecule has 0 saturated heterocycles. The van der Waals surface area contributed by atoms with E-state index in [1.807, 2.05) is 20.8 Å². The van der Waals surface area contributed by atoms with Gasteiger partial charge < -0.3 is 24.3 Å². The number of carbonyl (C=O) groups excluding carboxylic acids is 2. The van der Waals surface area contributed by atoms with Crippen LogP contribution in [-0.4, -0.2) is 68.4 Å². The van der Waals surface area contributed by atoms with Crippen LogP contribution in [0.1, 0.15) is 27.7 Å². The molecule has 0 radical (unpaired) electrons. The number of thioether (sulfide) groups is 1. The van der Waals surface area contributed by atoms with Crippen molar-refractivity contribution in [2.45, 2.75) is 38.5 Å². The average molecular weight is 335 g/mol. The Kier molecular flexibility index (Phi) is 12.5. The lowest BCUT2D eigenvalue weighted by Gasteiger charge is -2.30. The Morgan fingerprint density at radius 3 is 2.18 bits per heavy atom. The molecule has 0 aliphatic heterocycles. The Hall–Kier alpha value is -0.630. The van der Waals surface area contributed by atoms with E-state index in [2.05, 4.69) is 5.32 Å². The summed E-state index contributed by atoms with van der Waals surface area (Å²) in [5, 5.41) is 2.65. The van der Waals surface area contributed by atoms with Crippen LogP contribution in [0.2, 0.25) is 0 Å². The van der Waals surface area contributed by atoms with E-state index in [1.165, 1.54) is 6.92 Å². The molecular formula is C15H29NO5S. The molecule has 22 heavy (non-hydrogen) atoms. The van der Waals surface area contributed by atoms with Crippen molar-refractivity contribution in [3.63, 3.8) is 0 Å². The van der Waals surface area contributed by atoms with E-state index in [-0.39, 0.29) is 10.7 Å². The van der Waals surface area contributed by atoms with Crippen molar-refractivity contribution in [2.75, 3.05) is 45.4 Å². The van der Waals surface area contributed by atoms with Gasteiger partial charge in [0, 0.05) is 24.0 Å². The zero-order chi connectivity index (χ0) is 16.8. The fourth-order valence-corrected chi connectivity index (χ4v) is 2.65. The lowest BCUT2D eigenvalue weighted by molar-refractivity contribution is -0.122. The molecule has 0 bridgehead atoms. The summed E-state index contributed by atoms with van der Waals surface area (Å²) in [5.74, 6) is 0.543. The molecule has 1 N–H and O–H groups in total. The molecular weight excluding hydrogens is 306 g/mol. The molecule has 0 fully saturated rings. The van der Waals surface area contributed by atoms with Gasteiger partial charge in [-0.15, -0.1) is 0 Å². The number of nitrogens with one attached hydrogen (secondary N) is 1. The van der Waals surface area contributed by atoms with Crippen LogP contribution in [0.4, 0.5) is 0 Å². The van der Waals surface area contributed by atoms with Crippen molar-refractivity contribution in [3.05, 3.63) is 0 Å². The average Bonchev–Trinajstić information content (AvgIpc) is 2.46. The van der Waals surface area contributed by atoms with Gasteiger partial charge >= 0.3 is 0 Å². The standard InChI is InChI=1S/C15H29NO5S/c1-5-19-6-7-20-8-9-21-10-11-22-15(3,4)14(12-17)16-13(2)18/h12,14H,5-11H2,1-4H3,(H,16,18). The second-order valence-corrected chi connectivity index (χ2v) is 6.94. The molecule has 0 spiro atoms. The Labute approximate surface area is 137 Å². The van der Waals surface area contributed by atoms with E-state index in [1.54, 1.807) is 11.8 Å². The Balaban J connectivity index is 3.67. The van der Waals surface area contributed by atoms with Crippen molar-refractivity contribution >= 4 is 24.0 Å². The summed E-state index contributed by atoms with van der Waals surface area (Å²) in [6.45, 7) is 10.8. The number of aldehydes is 1. The van der Waals surface area contributed by atoms with Crippen molar-refractivity contribution in [3.8, 4) is 0 Å². The molecule has 0 aromatic heterocycles. The molecule has 130 valence electrons. The third kappa shape index (κ3) is 11.0. The van der Waals surface area contributed by atoms with Gasteiger partial charge in [-0.25, -0.2) is 0 Å². The zero-order valence-electron chi connectivity index (χ0n) is 14.1. The van der Waals surface area contributed by atoms with Crippen LogP contribution in [0.15, 0.2) is 0 Å². The number of hydrogen-bond acceptors (Lipinski definition) is 6. The maximum atomic E-state index is 11.1. The molecule has 0 heterocycles.